The fourth-order valence-electron chi connectivity index (χ4n) is 13.2. The average Bonchev–Trinajstić information content (AvgIpc) is 1.64. The minimum atomic E-state index is 0. The Morgan fingerprint density at radius 3 is 0.605 bits per heavy atom. The van der Waals surface area contributed by atoms with Gasteiger partial charge in [-0.2, -0.15) is 0 Å². The number of nitrogens with zero attached hydrogens (tertiary/aromatic N) is 2. The van der Waals surface area contributed by atoms with E-state index in [0.717, 1.165) is 44.8 Å². The maximum absolute atomic E-state index is 5.35. The summed E-state index contributed by atoms with van der Waals surface area (Å²) in [4.78, 5) is 29.8. The molecular formula is C78H77CuN7. The molecule has 0 saturated heterocycles. The number of hydrogen-bond acceptors (Lipinski definition) is 2. The van der Waals surface area contributed by atoms with Crippen LogP contribution in [0.25, 0.3) is 154 Å². The molecule has 8 aromatic carbocycles. The number of H-pyrrole nitrogens is 5. The summed E-state index contributed by atoms with van der Waals surface area (Å²) >= 11 is 0. The Bertz CT molecular complexity index is 4770. The van der Waals surface area contributed by atoms with Gasteiger partial charge in [0, 0.05) is 132 Å². The standard InChI is InChI=1S/C44H38N4.C30H27N3.2C2H6.Cu/c1-21-9-29-30(10-22(21)2)38-18-40-33-13-25(5)26(6)14-34(33)42(47-40)20-44-36-16-28(8)27(7)15-35(36)43(48-44)19-41-32-12-24(4)23(3)11-31(32)39(46-41)17-37(29)45-38;1-13-7-19-22(10-16(13)4)31-28-25(19)29-27(20-8-14(2)17(5)11-23(20)32-29)30-26(28)21-9-15(3)18(6)12-24(21)33-30;2*1-2;/h9-20,45,48H,1-8H3;7-12,31-33H,1-6H3;2*1-2H3;. The third-order valence-electron chi connectivity index (χ3n) is 18.9. The molecular weight excluding hydrogens is 1100 g/mol. The third kappa shape index (κ3) is 8.97. The first kappa shape index (κ1) is 57.7. The Balaban J connectivity index is 0.000000167. The van der Waals surface area contributed by atoms with Crippen molar-refractivity contribution in [3.63, 3.8) is 0 Å². The van der Waals surface area contributed by atoms with E-state index in [2.05, 4.69) is 231 Å². The van der Waals surface area contributed by atoms with E-state index in [1.807, 2.05) is 27.7 Å². The van der Waals surface area contributed by atoms with Crippen LogP contribution in [0.2, 0.25) is 0 Å². The van der Waals surface area contributed by atoms with Gasteiger partial charge in [0.05, 0.1) is 39.3 Å². The van der Waals surface area contributed by atoms with Crippen molar-refractivity contribution in [3.05, 3.63) is 187 Å². The van der Waals surface area contributed by atoms with Gasteiger partial charge >= 0.3 is 0 Å². The molecule has 0 unspecified atom stereocenters. The number of aromatic nitrogens is 7. The minimum absolute atomic E-state index is 0. The summed E-state index contributed by atoms with van der Waals surface area (Å²) in [5.41, 5.74) is 38.1. The summed E-state index contributed by atoms with van der Waals surface area (Å²) in [5, 5.41) is 12.5. The summed E-state index contributed by atoms with van der Waals surface area (Å²) in [6.45, 7) is 38.7. The van der Waals surface area contributed by atoms with Crippen LogP contribution in [-0.2, 0) is 17.1 Å². The van der Waals surface area contributed by atoms with E-state index in [9.17, 15) is 0 Å². The predicted molar refractivity (Wildman–Crippen MR) is 368 cm³/mol. The Hall–Kier alpha value is -8.68. The van der Waals surface area contributed by atoms with E-state index in [0.29, 0.717) is 0 Å². The van der Waals surface area contributed by atoms with Crippen LogP contribution in [0.3, 0.4) is 0 Å². The molecule has 8 heteroatoms. The molecule has 5 N–H and O–H groups in total. The molecule has 14 aromatic rings. The second kappa shape index (κ2) is 21.4. The largest absolute Gasteiger partial charge is 0.354 e. The Labute approximate surface area is 514 Å². The molecule has 8 heterocycles. The molecule has 0 spiro atoms. The van der Waals surface area contributed by atoms with E-state index in [1.165, 1.54) is 187 Å². The van der Waals surface area contributed by atoms with Gasteiger partial charge < -0.3 is 24.9 Å². The maximum atomic E-state index is 5.35. The van der Waals surface area contributed by atoms with E-state index in [-0.39, 0.29) is 17.1 Å². The van der Waals surface area contributed by atoms with Crippen molar-refractivity contribution >= 4 is 109 Å². The number of benzene rings is 8. The topological polar surface area (TPSA) is 105 Å². The molecule has 0 atom stereocenters. The molecule has 1 radical (unpaired) electrons. The van der Waals surface area contributed by atoms with Gasteiger partial charge in [0.1, 0.15) is 0 Å². The van der Waals surface area contributed by atoms with E-state index in [1.54, 1.807) is 0 Å². The Morgan fingerprint density at radius 2 is 0.384 bits per heavy atom. The van der Waals surface area contributed by atoms with Gasteiger partial charge in [-0.3, -0.25) is 0 Å². The van der Waals surface area contributed by atoms with Crippen LogP contribution in [0.5, 0.6) is 0 Å². The molecule has 0 fully saturated rings. The Morgan fingerprint density at radius 1 is 0.209 bits per heavy atom. The molecule has 0 aliphatic carbocycles. The minimum Gasteiger partial charge on any atom is -0.354 e. The molecule has 8 bridgehead atoms. The average molecular weight is 1180 g/mol. The fraction of sp³-hybridized carbons (Fsp3) is 0.231. The van der Waals surface area contributed by atoms with Crippen molar-refractivity contribution in [1.29, 1.82) is 0 Å². The molecule has 2 aliphatic rings. The number of aryl methyl sites for hydroxylation is 14. The predicted octanol–water partition coefficient (Wildman–Crippen LogP) is 22.2. The summed E-state index contributed by atoms with van der Waals surface area (Å²) in [5.74, 6) is 0. The van der Waals surface area contributed by atoms with Gasteiger partial charge in [-0.05, 0) is 284 Å². The molecule has 0 saturated carbocycles. The zero-order chi connectivity index (χ0) is 59.9. The molecule has 16 rings (SSSR count). The van der Waals surface area contributed by atoms with Crippen molar-refractivity contribution in [2.75, 3.05) is 0 Å². The molecule has 86 heavy (non-hydrogen) atoms. The van der Waals surface area contributed by atoms with E-state index >= 15 is 0 Å². The third-order valence-corrected chi connectivity index (χ3v) is 18.9. The van der Waals surface area contributed by atoms with Crippen LogP contribution >= 0.6 is 0 Å². The normalized spacial score (nSPS) is 11.7. The van der Waals surface area contributed by atoms with Crippen LogP contribution in [0, 0.1) is 96.9 Å². The second-order valence-corrected chi connectivity index (χ2v) is 24.2. The van der Waals surface area contributed by atoms with Gasteiger partial charge in [0.25, 0.3) is 0 Å². The van der Waals surface area contributed by atoms with Crippen LogP contribution < -0.4 is 0 Å². The molecule has 0 amide bonds. The van der Waals surface area contributed by atoms with E-state index in [4.69, 9.17) is 9.97 Å². The van der Waals surface area contributed by atoms with Crippen LogP contribution in [0.1, 0.15) is 106 Å². The number of hydrogen-bond donors (Lipinski definition) is 5. The Kier molecular flexibility index (Phi) is 14.4. The van der Waals surface area contributed by atoms with Gasteiger partial charge in [-0.1, -0.05) is 27.7 Å². The van der Waals surface area contributed by atoms with Crippen LogP contribution in [0.4, 0.5) is 0 Å². The monoisotopic (exact) mass is 1170 g/mol. The summed E-state index contributed by atoms with van der Waals surface area (Å²) in [6, 6.07) is 41.3. The number of aromatic amines is 5. The van der Waals surface area contributed by atoms with Gasteiger partial charge in [0.15, 0.2) is 0 Å². The molecule has 435 valence electrons. The maximum Gasteiger partial charge on any atom is 0.0737 e. The van der Waals surface area contributed by atoms with Crippen molar-refractivity contribution in [2.45, 2.75) is 125 Å². The number of fused-ring (bicyclic) bond motifs is 32. The van der Waals surface area contributed by atoms with Crippen molar-refractivity contribution < 1.29 is 17.1 Å². The van der Waals surface area contributed by atoms with Gasteiger partial charge in [-0.25, -0.2) is 9.97 Å². The summed E-state index contributed by atoms with van der Waals surface area (Å²) < 4.78 is 0. The second-order valence-electron chi connectivity index (χ2n) is 24.2. The van der Waals surface area contributed by atoms with Crippen LogP contribution in [0.15, 0.2) is 109 Å². The summed E-state index contributed by atoms with van der Waals surface area (Å²) in [7, 11) is 0. The van der Waals surface area contributed by atoms with Crippen molar-refractivity contribution in [1.82, 2.24) is 34.9 Å². The van der Waals surface area contributed by atoms with Crippen molar-refractivity contribution in [2.24, 2.45) is 0 Å². The van der Waals surface area contributed by atoms with E-state index < -0.39 is 0 Å². The van der Waals surface area contributed by atoms with Gasteiger partial charge in [0.2, 0.25) is 0 Å². The molecule has 7 nitrogen and oxygen atoms in total. The number of rotatable bonds is 0. The SMILES string of the molecule is CC.CC.Cc1cc2[nH]c3c(c2cc1C)c1[nH]c2cc(C)c(C)cc2c1c1[nH]c2cc(C)c(C)cc2c31.Cc1cc2c(cc1C)-c1cc3[nH]c(cc4nc(cc5[nH]c(cc-2n1)c1cc(C)c(C)cc51)-c1cc(C)c(C)cc1-4)c1cc(C)c(C)cc31.[Cu]. The fourth-order valence-corrected chi connectivity index (χ4v) is 13.2. The first-order valence-electron chi connectivity index (χ1n) is 30.5. The smallest absolute Gasteiger partial charge is 0.0737 e. The summed E-state index contributed by atoms with van der Waals surface area (Å²) in [6.07, 6.45) is 0. The molecule has 2 aliphatic heterocycles. The van der Waals surface area contributed by atoms with Crippen LogP contribution in [-0.4, -0.2) is 34.9 Å². The molecule has 6 aromatic heterocycles. The quantitative estimate of drug-likeness (QED) is 0.0977. The van der Waals surface area contributed by atoms with Gasteiger partial charge in [-0.15, -0.1) is 0 Å². The first-order chi connectivity index (χ1) is 40.8. The zero-order valence-electron chi connectivity index (χ0n) is 53.1. The first-order valence-corrected chi connectivity index (χ1v) is 30.5. The zero-order valence-corrected chi connectivity index (χ0v) is 54.0. The number of nitrogens with one attached hydrogen (secondary N) is 5. The van der Waals surface area contributed by atoms with Crippen molar-refractivity contribution in [3.8, 4) is 45.0 Å².